The van der Waals surface area contributed by atoms with Crippen molar-refractivity contribution in [2.75, 3.05) is 6.61 Å². The minimum absolute atomic E-state index is 0.102. The summed E-state index contributed by atoms with van der Waals surface area (Å²) in [6.45, 7) is 5.02. The molecule has 0 spiro atoms. The van der Waals surface area contributed by atoms with Gasteiger partial charge in [0.05, 0.1) is 0 Å². The topological polar surface area (TPSA) is 54.4 Å². The maximum atomic E-state index is 9.13. The summed E-state index contributed by atoms with van der Waals surface area (Å²) in [5, 5.41) is 12.5. The lowest BCUT2D eigenvalue weighted by Gasteiger charge is -2.14. The van der Waals surface area contributed by atoms with Crippen molar-refractivity contribution in [1.29, 1.82) is 0 Å². The molecule has 0 atom stereocenters. The highest BCUT2D eigenvalue weighted by Crippen LogP contribution is 2.26. The lowest BCUT2D eigenvalue weighted by atomic mass is 10.1. The molecule has 1 aromatic heterocycles. The molecule has 4 nitrogen and oxygen atoms in total. The van der Waals surface area contributed by atoms with Crippen LogP contribution in [0, 0.1) is 0 Å². The van der Waals surface area contributed by atoms with E-state index in [0.717, 1.165) is 16.9 Å². The van der Waals surface area contributed by atoms with Gasteiger partial charge < -0.3 is 15.2 Å². The molecule has 0 aliphatic rings. The van der Waals surface area contributed by atoms with Crippen LogP contribution >= 0.6 is 0 Å². The van der Waals surface area contributed by atoms with Gasteiger partial charge in [0, 0.05) is 31.0 Å². The number of nitrogens with zero attached hydrogens (tertiary/aromatic N) is 1. The highest BCUT2D eigenvalue weighted by atomic mass is 16.5. The molecule has 1 aromatic carbocycles. The van der Waals surface area contributed by atoms with E-state index in [1.54, 1.807) is 6.20 Å². The van der Waals surface area contributed by atoms with Gasteiger partial charge in [-0.25, -0.2) is 4.98 Å². The van der Waals surface area contributed by atoms with Crippen molar-refractivity contribution in [1.82, 2.24) is 10.3 Å². The summed E-state index contributed by atoms with van der Waals surface area (Å²) >= 11 is 0. The summed E-state index contributed by atoms with van der Waals surface area (Å²) in [6.07, 6.45) is 2.30. The lowest BCUT2D eigenvalue weighted by molar-refractivity contribution is 0.297. The van der Waals surface area contributed by atoms with Gasteiger partial charge in [-0.05, 0) is 24.1 Å². The van der Waals surface area contributed by atoms with Crippen LogP contribution in [0.5, 0.6) is 11.6 Å². The van der Waals surface area contributed by atoms with Crippen molar-refractivity contribution in [2.45, 2.75) is 32.9 Å². The first-order chi connectivity index (χ1) is 10.2. The van der Waals surface area contributed by atoms with Crippen molar-refractivity contribution >= 4 is 0 Å². The Morgan fingerprint density at radius 1 is 1.14 bits per heavy atom. The molecule has 0 amide bonds. The van der Waals surface area contributed by atoms with Crippen molar-refractivity contribution in [2.24, 2.45) is 0 Å². The summed E-state index contributed by atoms with van der Waals surface area (Å²) < 4.78 is 5.96. The monoisotopic (exact) mass is 286 g/mol. The van der Waals surface area contributed by atoms with Gasteiger partial charge in [-0.1, -0.05) is 38.1 Å². The Morgan fingerprint density at radius 2 is 1.90 bits per heavy atom. The summed E-state index contributed by atoms with van der Waals surface area (Å²) in [5.41, 5.74) is 2.00. The average Bonchev–Trinajstić information content (AvgIpc) is 2.48. The van der Waals surface area contributed by atoms with Gasteiger partial charge >= 0.3 is 0 Å². The van der Waals surface area contributed by atoms with Crippen LogP contribution < -0.4 is 10.1 Å². The molecule has 2 aromatic rings. The molecule has 0 aliphatic heterocycles. The van der Waals surface area contributed by atoms with E-state index < -0.39 is 0 Å². The van der Waals surface area contributed by atoms with Crippen LogP contribution in [0.3, 0.4) is 0 Å². The number of pyridine rings is 1. The fourth-order valence-electron chi connectivity index (χ4n) is 2.00. The molecular formula is C17H22N2O2. The van der Waals surface area contributed by atoms with Gasteiger partial charge in [-0.2, -0.15) is 0 Å². The Balaban J connectivity index is 2.19. The third-order valence-electron chi connectivity index (χ3n) is 3.11. The number of nitrogens with one attached hydrogen (secondary N) is 1. The van der Waals surface area contributed by atoms with Gasteiger partial charge in [0.25, 0.3) is 0 Å². The number of ether oxygens (including phenoxy) is 1. The zero-order valence-corrected chi connectivity index (χ0v) is 12.5. The molecule has 0 unspecified atom stereocenters. The Morgan fingerprint density at radius 3 is 2.67 bits per heavy atom. The van der Waals surface area contributed by atoms with Crippen molar-refractivity contribution in [3.63, 3.8) is 0 Å². The van der Waals surface area contributed by atoms with Crippen LogP contribution in [0.4, 0.5) is 0 Å². The number of aliphatic hydroxyl groups is 1. The predicted molar refractivity (Wildman–Crippen MR) is 83.5 cm³/mol. The largest absolute Gasteiger partial charge is 0.438 e. The third-order valence-corrected chi connectivity index (χ3v) is 3.11. The maximum Gasteiger partial charge on any atom is 0.223 e. The smallest absolute Gasteiger partial charge is 0.223 e. The Hall–Kier alpha value is -1.91. The molecule has 4 heteroatoms. The van der Waals surface area contributed by atoms with Crippen molar-refractivity contribution in [3.8, 4) is 11.6 Å². The molecule has 2 rings (SSSR count). The Bertz CT molecular complexity index is 570. The molecule has 0 saturated heterocycles. The molecular weight excluding hydrogens is 264 g/mol. The van der Waals surface area contributed by atoms with Crippen LogP contribution in [0.25, 0.3) is 0 Å². The second-order valence-electron chi connectivity index (χ2n) is 5.19. The highest BCUT2D eigenvalue weighted by Gasteiger charge is 2.09. The normalized spacial score (nSPS) is 10.9. The van der Waals surface area contributed by atoms with E-state index in [9.17, 15) is 0 Å². The standard InChI is InChI=1S/C17H22N2O2/c1-13(2)19-12-15-7-5-10-18-17(15)21-16-8-4-3-6-14(16)9-11-20/h3-8,10,13,19-20H,9,11-12H2,1-2H3. The molecule has 2 N–H and O–H groups in total. The van der Waals surface area contributed by atoms with E-state index in [1.165, 1.54) is 0 Å². The number of benzene rings is 1. The van der Waals surface area contributed by atoms with Crippen LogP contribution in [-0.4, -0.2) is 22.7 Å². The molecule has 112 valence electrons. The fraction of sp³-hybridized carbons (Fsp3) is 0.353. The van der Waals surface area contributed by atoms with E-state index >= 15 is 0 Å². The second kappa shape index (κ2) is 7.76. The number of rotatable bonds is 7. The number of aromatic nitrogens is 1. The van der Waals surface area contributed by atoms with Gasteiger partial charge in [0.2, 0.25) is 5.88 Å². The van der Waals surface area contributed by atoms with Crippen molar-refractivity contribution < 1.29 is 9.84 Å². The van der Waals surface area contributed by atoms with Crippen LogP contribution in [0.2, 0.25) is 0 Å². The molecule has 0 fully saturated rings. The highest BCUT2D eigenvalue weighted by molar-refractivity contribution is 5.38. The van der Waals surface area contributed by atoms with E-state index in [-0.39, 0.29) is 6.61 Å². The summed E-state index contributed by atoms with van der Waals surface area (Å²) in [6, 6.07) is 12.0. The average molecular weight is 286 g/mol. The number of hydrogen-bond acceptors (Lipinski definition) is 4. The first-order valence-corrected chi connectivity index (χ1v) is 7.24. The zero-order chi connectivity index (χ0) is 15.1. The third kappa shape index (κ3) is 4.55. The van der Waals surface area contributed by atoms with E-state index in [2.05, 4.69) is 24.1 Å². The SMILES string of the molecule is CC(C)NCc1cccnc1Oc1ccccc1CCO. The van der Waals surface area contributed by atoms with E-state index in [4.69, 9.17) is 9.84 Å². The number of aliphatic hydroxyl groups excluding tert-OH is 1. The van der Waals surface area contributed by atoms with Crippen LogP contribution in [-0.2, 0) is 13.0 Å². The fourth-order valence-corrected chi connectivity index (χ4v) is 2.00. The van der Waals surface area contributed by atoms with Crippen LogP contribution in [0.15, 0.2) is 42.6 Å². The van der Waals surface area contributed by atoms with Gasteiger partial charge in [0.15, 0.2) is 0 Å². The number of para-hydroxylation sites is 1. The van der Waals surface area contributed by atoms with E-state index in [0.29, 0.717) is 24.9 Å². The quantitative estimate of drug-likeness (QED) is 0.821. The summed E-state index contributed by atoms with van der Waals surface area (Å²) in [4.78, 5) is 4.33. The zero-order valence-electron chi connectivity index (χ0n) is 12.5. The molecule has 0 aliphatic carbocycles. The molecule has 1 heterocycles. The first-order valence-electron chi connectivity index (χ1n) is 7.24. The summed E-state index contributed by atoms with van der Waals surface area (Å²) in [7, 11) is 0. The van der Waals surface area contributed by atoms with E-state index in [1.807, 2.05) is 36.4 Å². The van der Waals surface area contributed by atoms with Gasteiger partial charge in [-0.15, -0.1) is 0 Å². The minimum Gasteiger partial charge on any atom is -0.438 e. The summed E-state index contributed by atoms with van der Waals surface area (Å²) in [5.74, 6) is 1.35. The van der Waals surface area contributed by atoms with Crippen molar-refractivity contribution in [3.05, 3.63) is 53.7 Å². The predicted octanol–water partition coefficient (Wildman–Crippen LogP) is 2.91. The van der Waals surface area contributed by atoms with Gasteiger partial charge in [0.1, 0.15) is 5.75 Å². The molecule has 0 saturated carbocycles. The molecule has 21 heavy (non-hydrogen) atoms. The number of hydrogen-bond donors (Lipinski definition) is 2. The van der Waals surface area contributed by atoms with Gasteiger partial charge in [-0.3, -0.25) is 0 Å². The lowest BCUT2D eigenvalue weighted by Crippen LogP contribution is -2.22. The van der Waals surface area contributed by atoms with Crippen LogP contribution in [0.1, 0.15) is 25.0 Å². The maximum absolute atomic E-state index is 9.13. The molecule has 0 bridgehead atoms. The second-order valence-corrected chi connectivity index (χ2v) is 5.19. The first kappa shape index (κ1) is 15.5. The Labute approximate surface area is 125 Å². The molecule has 0 radical (unpaired) electrons. The minimum atomic E-state index is 0.102. The Kier molecular flexibility index (Phi) is 5.72.